The molecule has 1 atom stereocenters. The molecule has 0 bridgehead atoms. The molecule has 1 aliphatic rings. The number of anilines is 2. The van der Waals surface area contributed by atoms with E-state index in [0.29, 0.717) is 0 Å². The summed E-state index contributed by atoms with van der Waals surface area (Å²) < 4.78 is 0. The Morgan fingerprint density at radius 2 is 2.00 bits per heavy atom. The Kier molecular flexibility index (Phi) is 3.13. The summed E-state index contributed by atoms with van der Waals surface area (Å²) >= 11 is 1.57. The summed E-state index contributed by atoms with van der Waals surface area (Å²) in [6.07, 6.45) is 2.51. The van der Waals surface area contributed by atoms with Gasteiger partial charge in [0.2, 0.25) is 0 Å². The Hall–Kier alpha value is -1.91. The van der Waals surface area contributed by atoms with Crippen molar-refractivity contribution in [1.82, 2.24) is 4.98 Å². The molecule has 2 N–H and O–H groups in total. The number of aryl methyl sites for hydroxylation is 1. The molecule has 0 fully saturated rings. The Morgan fingerprint density at radius 3 is 2.86 bits per heavy atom. The maximum atomic E-state index is 10.0. The van der Waals surface area contributed by atoms with Gasteiger partial charge in [-0.15, -0.1) is 0 Å². The molecule has 0 radical (unpaired) electrons. The summed E-state index contributed by atoms with van der Waals surface area (Å²) in [6, 6.07) is 14.6. The fourth-order valence-corrected chi connectivity index (χ4v) is 3.89. The maximum absolute atomic E-state index is 10.0. The number of benzene rings is 2. The van der Waals surface area contributed by atoms with E-state index in [4.69, 9.17) is 0 Å². The highest BCUT2D eigenvalue weighted by atomic mass is 32.1. The number of aliphatic hydroxyl groups is 1. The second-order valence-corrected chi connectivity index (χ2v) is 6.46. The van der Waals surface area contributed by atoms with Crippen molar-refractivity contribution in [3.8, 4) is 0 Å². The molecule has 0 aliphatic heterocycles. The molecule has 106 valence electrons. The first-order chi connectivity index (χ1) is 10.3. The van der Waals surface area contributed by atoms with Crippen LogP contribution in [-0.4, -0.2) is 10.1 Å². The van der Waals surface area contributed by atoms with Crippen LogP contribution in [0.5, 0.6) is 0 Å². The number of hydrogen-bond donors (Lipinski definition) is 2. The number of aliphatic hydroxyl groups excluding tert-OH is 1. The van der Waals surface area contributed by atoms with Crippen LogP contribution in [0.3, 0.4) is 0 Å². The SMILES string of the molecule is OC1CCCc2nc(Nc3ccc4ccccc4c3)sc21. The fourth-order valence-electron chi connectivity index (χ4n) is 2.84. The van der Waals surface area contributed by atoms with E-state index in [0.717, 1.165) is 40.7 Å². The normalized spacial score (nSPS) is 17.7. The summed E-state index contributed by atoms with van der Waals surface area (Å²) in [5.41, 5.74) is 2.09. The molecule has 0 saturated heterocycles. The lowest BCUT2D eigenvalue weighted by Crippen LogP contribution is -2.06. The van der Waals surface area contributed by atoms with Gasteiger partial charge in [-0.1, -0.05) is 41.7 Å². The maximum Gasteiger partial charge on any atom is 0.187 e. The molecule has 3 aromatic rings. The van der Waals surface area contributed by atoms with Crippen molar-refractivity contribution in [2.75, 3.05) is 5.32 Å². The first kappa shape index (κ1) is 12.8. The predicted molar refractivity (Wildman–Crippen MR) is 87.2 cm³/mol. The van der Waals surface area contributed by atoms with Crippen LogP contribution < -0.4 is 5.32 Å². The zero-order valence-electron chi connectivity index (χ0n) is 11.5. The Bertz CT molecular complexity index is 796. The number of thiazole rings is 1. The monoisotopic (exact) mass is 296 g/mol. The standard InChI is InChI=1S/C17H16N2OS/c20-15-7-3-6-14-16(15)21-17(19-14)18-13-9-8-11-4-1-2-5-12(11)10-13/h1-2,4-5,8-10,15,20H,3,6-7H2,(H,18,19). The minimum absolute atomic E-state index is 0.335. The number of nitrogens with one attached hydrogen (secondary N) is 1. The zero-order valence-corrected chi connectivity index (χ0v) is 12.4. The molecule has 4 rings (SSSR count). The minimum atomic E-state index is -0.335. The zero-order chi connectivity index (χ0) is 14.2. The highest BCUT2D eigenvalue weighted by molar-refractivity contribution is 7.15. The molecule has 1 aliphatic carbocycles. The predicted octanol–water partition coefficient (Wildman–Crippen LogP) is 4.41. The Balaban J connectivity index is 1.65. The Morgan fingerprint density at radius 1 is 1.14 bits per heavy atom. The van der Waals surface area contributed by atoms with Gasteiger partial charge < -0.3 is 10.4 Å². The van der Waals surface area contributed by atoms with Crippen molar-refractivity contribution < 1.29 is 5.11 Å². The highest BCUT2D eigenvalue weighted by Gasteiger charge is 2.22. The second-order valence-electron chi connectivity index (χ2n) is 5.42. The van der Waals surface area contributed by atoms with Crippen molar-refractivity contribution in [2.45, 2.75) is 25.4 Å². The molecule has 1 aromatic heterocycles. The quantitative estimate of drug-likeness (QED) is 0.736. The van der Waals surface area contributed by atoms with E-state index < -0.39 is 0 Å². The second kappa shape index (κ2) is 5.13. The van der Waals surface area contributed by atoms with Crippen LogP contribution in [0.1, 0.15) is 29.5 Å². The number of hydrogen-bond acceptors (Lipinski definition) is 4. The van der Waals surface area contributed by atoms with Crippen molar-refractivity contribution in [1.29, 1.82) is 0 Å². The van der Waals surface area contributed by atoms with Gasteiger partial charge in [-0.25, -0.2) is 4.98 Å². The number of nitrogens with zero attached hydrogens (tertiary/aromatic N) is 1. The van der Waals surface area contributed by atoms with Crippen LogP contribution in [0, 0.1) is 0 Å². The fraction of sp³-hybridized carbons (Fsp3) is 0.235. The van der Waals surface area contributed by atoms with Crippen molar-refractivity contribution >= 4 is 32.9 Å². The van der Waals surface area contributed by atoms with Crippen LogP contribution in [-0.2, 0) is 6.42 Å². The molecule has 2 aromatic carbocycles. The molecule has 0 amide bonds. The van der Waals surface area contributed by atoms with Gasteiger partial charge >= 0.3 is 0 Å². The molecule has 1 unspecified atom stereocenters. The van der Waals surface area contributed by atoms with E-state index in [1.165, 1.54) is 10.8 Å². The number of rotatable bonds is 2. The van der Waals surface area contributed by atoms with E-state index in [9.17, 15) is 5.11 Å². The third-order valence-electron chi connectivity index (χ3n) is 3.92. The molecule has 4 heteroatoms. The van der Waals surface area contributed by atoms with Gasteiger partial charge in [-0.3, -0.25) is 0 Å². The van der Waals surface area contributed by atoms with Gasteiger partial charge in [0.15, 0.2) is 5.13 Å². The summed E-state index contributed by atoms with van der Waals surface area (Å²) in [5.74, 6) is 0. The first-order valence-electron chi connectivity index (χ1n) is 7.23. The molecule has 0 saturated carbocycles. The molecule has 1 heterocycles. The summed E-state index contributed by atoms with van der Waals surface area (Å²) in [7, 11) is 0. The van der Waals surface area contributed by atoms with Crippen LogP contribution in [0.2, 0.25) is 0 Å². The number of fused-ring (bicyclic) bond motifs is 2. The van der Waals surface area contributed by atoms with Gasteiger partial charge in [0.1, 0.15) is 0 Å². The van der Waals surface area contributed by atoms with Gasteiger partial charge in [0.05, 0.1) is 16.7 Å². The van der Waals surface area contributed by atoms with E-state index in [1.54, 1.807) is 11.3 Å². The summed E-state index contributed by atoms with van der Waals surface area (Å²) in [6.45, 7) is 0. The van der Waals surface area contributed by atoms with Gasteiger partial charge in [-0.2, -0.15) is 0 Å². The third-order valence-corrected chi connectivity index (χ3v) is 5.04. The van der Waals surface area contributed by atoms with Crippen LogP contribution in [0.15, 0.2) is 42.5 Å². The van der Waals surface area contributed by atoms with Gasteiger partial charge in [0, 0.05) is 5.69 Å². The van der Waals surface area contributed by atoms with Crippen molar-refractivity contribution in [3.63, 3.8) is 0 Å². The lowest BCUT2D eigenvalue weighted by Gasteiger charge is -2.14. The summed E-state index contributed by atoms with van der Waals surface area (Å²) in [4.78, 5) is 5.66. The van der Waals surface area contributed by atoms with Crippen LogP contribution in [0.4, 0.5) is 10.8 Å². The lowest BCUT2D eigenvalue weighted by atomic mass is 10.0. The molecule has 0 spiro atoms. The summed E-state index contributed by atoms with van der Waals surface area (Å²) in [5, 5.41) is 16.7. The van der Waals surface area contributed by atoms with Crippen LogP contribution in [0.25, 0.3) is 10.8 Å². The molecule has 3 nitrogen and oxygen atoms in total. The topological polar surface area (TPSA) is 45.2 Å². The third kappa shape index (κ3) is 2.41. The first-order valence-corrected chi connectivity index (χ1v) is 8.05. The lowest BCUT2D eigenvalue weighted by molar-refractivity contribution is 0.160. The Labute approximate surface area is 127 Å². The van der Waals surface area contributed by atoms with Crippen molar-refractivity contribution in [3.05, 3.63) is 53.0 Å². The molecular formula is C17H16N2OS. The van der Waals surface area contributed by atoms with Crippen molar-refractivity contribution in [2.24, 2.45) is 0 Å². The van der Waals surface area contributed by atoms with Gasteiger partial charge in [0.25, 0.3) is 0 Å². The molecule has 21 heavy (non-hydrogen) atoms. The van der Waals surface area contributed by atoms with E-state index in [-0.39, 0.29) is 6.10 Å². The van der Waals surface area contributed by atoms with Crippen LogP contribution >= 0.6 is 11.3 Å². The highest BCUT2D eigenvalue weighted by Crippen LogP contribution is 2.37. The van der Waals surface area contributed by atoms with Gasteiger partial charge in [-0.05, 0) is 42.2 Å². The molecular weight excluding hydrogens is 280 g/mol. The average molecular weight is 296 g/mol. The minimum Gasteiger partial charge on any atom is -0.388 e. The number of aromatic nitrogens is 1. The van der Waals surface area contributed by atoms with E-state index in [1.807, 2.05) is 12.1 Å². The largest absolute Gasteiger partial charge is 0.388 e. The average Bonchev–Trinajstić information content (AvgIpc) is 2.91. The van der Waals surface area contributed by atoms with E-state index >= 15 is 0 Å². The smallest absolute Gasteiger partial charge is 0.187 e. The van der Waals surface area contributed by atoms with E-state index in [2.05, 4.69) is 40.6 Å².